The summed E-state index contributed by atoms with van der Waals surface area (Å²) >= 11 is 5.24. The zero-order chi connectivity index (χ0) is 19.1. The maximum atomic E-state index is 10.5. The SMILES string of the molecule is C=CCn1c(O)c(N=NC(=S)NCCC[NH+]2CCOCC2)c2ccccc21. The lowest BCUT2D eigenvalue weighted by Gasteiger charge is -2.23. The van der Waals surface area contributed by atoms with Gasteiger partial charge in [0.1, 0.15) is 13.1 Å². The molecular weight excluding hydrogens is 362 g/mol. The van der Waals surface area contributed by atoms with Crippen LogP contribution in [-0.2, 0) is 11.3 Å². The van der Waals surface area contributed by atoms with Crippen LogP contribution in [0.5, 0.6) is 5.88 Å². The average molecular weight is 389 g/mol. The molecule has 2 aromatic rings. The van der Waals surface area contributed by atoms with E-state index in [2.05, 4.69) is 22.1 Å². The van der Waals surface area contributed by atoms with Gasteiger partial charge < -0.3 is 24.6 Å². The lowest BCUT2D eigenvalue weighted by atomic mass is 10.2. The highest BCUT2D eigenvalue weighted by atomic mass is 32.1. The summed E-state index contributed by atoms with van der Waals surface area (Å²) in [5.74, 6) is 0.0681. The van der Waals surface area contributed by atoms with Gasteiger partial charge in [-0.3, -0.25) is 0 Å². The molecule has 0 atom stereocenters. The van der Waals surface area contributed by atoms with E-state index >= 15 is 0 Å². The molecule has 1 fully saturated rings. The van der Waals surface area contributed by atoms with Gasteiger partial charge in [-0.15, -0.1) is 16.8 Å². The lowest BCUT2D eigenvalue weighted by molar-refractivity contribution is -0.908. The Bertz CT molecular complexity index is 827. The number of ether oxygens (including phenoxy) is 1. The molecule has 1 aliphatic heterocycles. The first kappa shape index (κ1) is 19.5. The van der Waals surface area contributed by atoms with Crippen LogP contribution >= 0.6 is 12.2 Å². The second-order valence-corrected chi connectivity index (χ2v) is 6.87. The minimum Gasteiger partial charge on any atom is -0.493 e. The van der Waals surface area contributed by atoms with Gasteiger partial charge in [-0.2, -0.15) is 0 Å². The lowest BCUT2D eigenvalue weighted by Crippen LogP contribution is -3.14. The number of aromatic nitrogens is 1. The Morgan fingerprint density at radius 2 is 2.15 bits per heavy atom. The van der Waals surface area contributed by atoms with Gasteiger partial charge in [0, 0.05) is 24.9 Å². The van der Waals surface area contributed by atoms with Crippen molar-refractivity contribution in [3.8, 4) is 5.88 Å². The molecule has 1 saturated heterocycles. The highest BCUT2D eigenvalue weighted by molar-refractivity contribution is 7.80. The third kappa shape index (κ3) is 4.91. The summed E-state index contributed by atoms with van der Waals surface area (Å²) in [5, 5.41) is 23.1. The summed E-state index contributed by atoms with van der Waals surface area (Å²) in [6, 6.07) is 7.67. The van der Waals surface area contributed by atoms with E-state index in [-0.39, 0.29) is 5.88 Å². The number of thiocarbonyl (C=S) groups is 1. The van der Waals surface area contributed by atoms with Gasteiger partial charge in [0.05, 0.1) is 25.3 Å². The number of quaternary nitrogens is 1. The van der Waals surface area contributed by atoms with Gasteiger partial charge in [0.2, 0.25) is 11.0 Å². The van der Waals surface area contributed by atoms with Crippen LogP contribution in [0.15, 0.2) is 47.1 Å². The first-order chi connectivity index (χ1) is 13.2. The number of rotatable bonds is 7. The fourth-order valence-electron chi connectivity index (χ4n) is 3.26. The Morgan fingerprint density at radius 1 is 1.37 bits per heavy atom. The van der Waals surface area contributed by atoms with Crippen LogP contribution in [0.2, 0.25) is 0 Å². The summed E-state index contributed by atoms with van der Waals surface area (Å²) in [4.78, 5) is 1.57. The normalized spacial score (nSPS) is 15.4. The van der Waals surface area contributed by atoms with E-state index in [4.69, 9.17) is 17.0 Å². The quantitative estimate of drug-likeness (QED) is 0.293. The van der Waals surface area contributed by atoms with Gasteiger partial charge in [-0.1, -0.05) is 24.3 Å². The molecule has 1 aromatic carbocycles. The number of fused-ring (bicyclic) bond motifs is 1. The molecule has 3 rings (SSSR count). The second kappa shape index (κ2) is 9.59. The molecule has 7 nitrogen and oxygen atoms in total. The van der Waals surface area contributed by atoms with Crippen LogP contribution in [0, 0.1) is 0 Å². The second-order valence-electron chi connectivity index (χ2n) is 6.49. The van der Waals surface area contributed by atoms with Crippen molar-refractivity contribution in [3.05, 3.63) is 36.9 Å². The molecule has 2 heterocycles. The third-order valence-electron chi connectivity index (χ3n) is 4.65. The van der Waals surface area contributed by atoms with E-state index in [1.165, 1.54) is 0 Å². The third-order valence-corrected chi connectivity index (χ3v) is 4.88. The van der Waals surface area contributed by atoms with Crippen molar-refractivity contribution in [2.45, 2.75) is 13.0 Å². The van der Waals surface area contributed by atoms with Crippen molar-refractivity contribution in [3.63, 3.8) is 0 Å². The number of nitrogens with one attached hydrogen (secondary N) is 2. The Kier molecular flexibility index (Phi) is 6.92. The van der Waals surface area contributed by atoms with Crippen LogP contribution < -0.4 is 10.2 Å². The van der Waals surface area contributed by atoms with Crippen molar-refractivity contribution in [2.75, 3.05) is 39.4 Å². The van der Waals surface area contributed by atoms with Gasteiger partial charge in [-0.05, 0) is 18.3 Å². The zero-order valence-corrected chi connectivity index (χ0v) is 16.2. The number of benzene rings is 1. The molecular formula is C19H26N5O2S+. The molecule has 1 aromatic heterocycles. The van der Waals surface area contributed by atoms with Crippen molar-refractivity contribution in [1.82, 2.24) is 9.88 Å². The number of aromatic hydroxyl groups is 1. The summed E-state index contributed by atoms with van der Waals surface area (Å²) < 4.78 is 7.11. The first-order valence-electron chi connectivity index (χ1n) is 9.22. The molecule has 0 spiro atoms. The van der Waals surface area contributed by atoms with E-state index in [1.54, 1.807) is 15.5 Å². The predicted molar refractivity (Wildman–Crippen MR) is 110 cm³/mol. The first-order valence-corrected chi connectivity index (χ1v) is 9.63. The molecule has 0 amide bonds. The van der Waals surface area contributed by atoms with Crippen molar-refractivity contribution >= 4 is 33.9 Å². The number of morpholine rings is 1. The Balaban J connectivity index is 1.57. The predicted octanol–water partition coefficient (Wildman–Crippen LogP) is 1.80. The number of azo groups is 1. The van der Waals surface area contributed by atoms with E-state index < -0.39 is 0 Å². The highest BCUT2D eigenvalue weighted by Gasteiger charge is 2.15. The minimum absolute atomic E-state index is 0.0681. The summed E-state index contributed by atoms with van der Waals surface area (Å²) in [7, 11) is 0. The van der Waals surface area contributed by atoms with Crippen LogP contribution in [0.4, 0.5) is 5.69 Å². The Labute approximate surface area is 164 Å². The van der Waals surface area contributed by atoms with E-state index in [0.29, 0.717) is 17.3 Å². The minimum atomic E-state index is 0.0681. The summed E-state index contributed by atoms with van der Waals surface area (Å²) in [6.45, 7) is 9.90. The van der Waals surface area contributed by atoms with Gasteiger partial charge in [-0.25, -0.2) is 0 Å². The smallest absolute Gasteiger partial charge is 0.221 e. The molecule has 3 N–H and O–H groups in total. The topological polar surface area (TPSA) is 75.6 Å². The van der Waals surface area contributed by atoms with Crippen LogP contribution in [0.3, 0.4) is 0 Å². The van der Waals surface area contributed by atoms with Crippen molar-refractivity contribution < 1.29 is 14.7 Å². The molecule has 1 aliphatic rings. The number of allylic oxidation sites excluding steroid dienone is 1. The Morgan fingerprint density at radius 3 is 2.93 bits per heavy atom. The Hall–Kier alpha value is -2.29. The molecule has 8 heteroatoms. The van der Waals surface area contributed by atoms with Gasteiger partial charge in [0.25, 0.3) is 0 Å². The van der Waals surface area contributed by atoms with Crippen molar-refractivity contribution in [2.24, 2.45) is 10.2 Å². The summed E-state index contributed by atoms with van der Waals surface area (Å²) in [6.07, 6.45) is 2.74. The van der Waals surface area contributed by atoms with Gasteiger partial charge in [0.15, 0.2) is 5.69 Å². The largest absolute Gasteiger partial charge is 0.493 e. The molecule has 27 heavy (non-hydrogen) atoms. The molecule has 0 radical (unpaired) electrons. The van der Waals surface area contributed by atoms with E-state index in [9.17, 15) is 5.11 Å². The van der Waals surface area contributed by atoms with Crippen LogP contribution in [-0.4, -0.2) is 54.2 Å². The maximum absolute atomic E-state index is 10.5. The monoisotopic (exact) mass is 388 g/mol. The number of hydrogen-bond donors (Lipinski definition) is 3. The fraction of sp³-hybridized carbons (Fsp3) is 0.421. The molecule has 0 unspecified atom stereocenters. The number of para-hydroxylation sites is 1. The molecule has 0 bridgehead atoms. The van der Waals surface area contributed by atoms with Crippen LogP contribution in [0.25, 0.3) is 10.9 Å². The molecule has 144 valence electrons. The zero-order valence-electron chi connectivity index (χ0n) is 15.4. The average Bonchev–Trinajstić information content (AvgIpc) is 2.96. The standard InChI is InChI=1S/C19H25N5O2S/c1-2-9-24-16-7-4-3-6-15(16)17(18(24)25)21-22-19(27)20-8-5-10-23-11-13-26-14-12-23/h2-4,6-7,25H,1,5,8-14H2,(H,20,27)/p+1. The fourth-order valence-corrected chi connectivity index (χ4v) is 3.40. The van der Waals surface area contributed by atoms with Crippen LogP contribution in [0.1, 0.15) is 6.42 Å². The maximum Gasteiger partial charge on any atom is 0.221 e. The molecule has 0 saturated carbocycles. The van der Waals surface area contributed by atoms with E-state index in [1.807, 2.05) is 24.3 Å². The summed E-state index contributed by atoms with van der Waals surface area (Å²) in [5.41, 5.74) is 1.31. The van der Waals surface area contributed by atoms with Gasteiger partial charge >= 0.3 is 0 Å². The molecule has 0 aliphatic carbocycles. The van der Waals surface area contributed by atoms with E-state index in [0.717, 1.165) is 56.7 Å². The van der Waals surface area contributed by atoms with Crippen molar-refractivity contribution in [1.29, 1.82) is 0 Å². The highest BCUT2D eigenvalue weighted by Crippen LogP contribution is 2.38. The number of nitrogens with zero attached hydrogens (tertiary/aromatic N) is 3. The number of hydrogen-bond acceptors (Lipinski definition) is 4.